The molecule has 0 aliphatic carbocycles. The van der Waals surface area contributed by atoms with Gasteiger partial charge in [-0.25, -0.2) is 13.4 Å². The minimum Gasteiger partial charge on any atom is -0.380 e. The summed E-state index contributed by atoms with van der Waals surface area (Å²) in [5, 5.41) is 5.99. The Balaban J connectivity index is 1.94. The van der Waals surface area contributed by atoms with Crippen LogP contribution in [-0.4, -0.2) is 42.9 Å². The van der Waals surface area contributed by atoms with E-state index in [2.05, 4.69) is 15.6 Å². The number of nitrogens with one attached hydrogen (secondary N) is 2. The maximum Gasteiger partial charge on any atom is 0.270 e. The summed E-state index contributed by atoms with van der Waals surface area (Å²) < 4.78 is 22.8. The largest absolute Gasteiger partial charge is 0.380 e. The molecule has 1 fully saturated rings. The first kappa shape index (κ1) is 15.8. The lowest BCUT2D eigenvalue weighted by Gasteiger charge is -2.13. The molecule has 1 aliphatic heterocycles. The summed E-state index contributed by atoms with van der Waals surface area (Å²) >= 11 is 0. The normalized spacial score (nSPS) is 21.7. The summed E-state index contributed by atoms with van der Waals surface area (Å²) in [6.45, 7) is 3.94. The topological polar surface area (TPSA) is 88.2 Å². The summed E-state index contributed by atoms with van der Waals surface area (Å²) in [4.78, 5) is 16.0. The third-order valence-corrected chi connectivity index (χ3v) is 5.36. The molecule has 0 bridgehead atoms. The number of carbonyl (C=O) groups is 1. The number of sulfone groups is 1. The number of hydrogen-bond donors (Lipinski definition) is 2. The molecular weight excluding hydrogens is 290 g/mol. The molecule has 2 unspecified atom stereocenters. The van der Waals surface area contributed by atoms with Crippen molar-refractivity contribution in [3.63, 3.8) is 0 Å². The molecule has 2 heterocycles. The van der Waals surface area contributed by atoms with Crippen LogP contribution in [0.3, 0.4) is 0 Å². The highest BCUT2D eigenvalue weighted by atomic mass is 32.2. The van der Waals surface area contributed by atoms with Crippen molar-refractivity contribution in [2.24, 2.45) is 0 Å². The van der Waals surface area contributed by atoms with E-state index in [0.717, 1.165) is 12.1 Å². The van der Waals surface area contributed by atoms with E-state index in [-0.39, 0.29) is 29.5 Å². The Morgan fingerprint density at radius 3 is 2.76 bits per heavy atom. The fourth-order valence-corrected chi connectivity index (χ4v) is 3.83. The van der Waals surface area contributed by atoms with Crippen molar-refractivity contribution < 1.29 is 13.2 Å². The van der Waals surface area contributed by atoms with Crippen molar-refractivity contribution in [1.29, 1.82) is 0 Å². The van der Waals surface area contributed by atoms with E-state index in [0.29, 0.717) is 12.1 Å². The van der Waals surface area contributed by atoms with E-state index in [1.165, 1.54) is 0 Å². The molecule has 2 atom stereocenters. The standard InChI is InChI=1S/C14H21N3O3S/c1-3-10(2)16-14(18)13-5-4-11(8-15-13)17-12-6-7-21(19,20)9-12/h4-5,8,10,12,17H,3,6-7,9H2,1-2H3,(H,16,18). The molecule has 21 heavy (non-hydrogen) atoms. The van der Waals surface area contributed by atoms with E-state index >= 15 is 0 Å². The predicted molar refractivity (Wildman–Crippen MR) is 82.1 cm³/mol. The zero-order valence-corrected chi connectivity index (χ0v) is 13.1. The molecule has 1 aromatic rings. The van der Waals surface area contributed by atoms with E-state index in [4.69, 9.17) is 0 Å². The molecule has 1 saturated heterocycles. The summed E-state index contributed by atoms with van der Waals surface area (Å²) in [6, 6.07) is 3.44. The predicted octanol–water partition coefficient (Wildman–Crippen LogP) is 1.21. The van der Waals surface area contributed by atoms with Gasteiger partial charge in [-0.1, -0.05) is 6.92 Å². The summed E-state index contributed by atoms with van der Waals surface area (Å²) in [6.07, 6.45) is 3.04. The highest BCUT2D eigenvalue weighted by Crippen LogP contribution is 2.17. The third-order valence-electron chi connectivity index (χ3n) is 3.59. The first-order valence-electron chi connectivity index (χ1n) is 7.13. The van der Waals surface area contributed by atoms with Gasteiger partial charge in [0, 0.05) is 12.1 Å². The molecule has 116 valence electrons. The highest BCUT2D eigenvalue weighted by Gasteiger charge is 2.27. The SMILES string of the molecule is CCC(C)NC(=O)c1ccc(NC2CCS(=O)(=O)C2)cn1. The highest BCUT2D eigenvalue weighted by molar-refractivity contribution is 7.91. The second-order valence-corrected chi connectivity index (χ2v) is 7.69. The quantitative estimate of drug-likeness (QED) is 0.853. The van der Waals surface area contributed by atoms with Crippen LogP contribution in [0.2, 0.25) is 0 Å². The lowest BCUT2D eigenvalue weighted by Crippen LogP contribution is -2.32. The molecule has 0 radical (unpaired) electrons. The average molecular weight is 311 g/mol. The van der Waals surface area contributed by atoms with Crippen LogP contribution < -0.4 is 10.6 Å². The number of pyridine rings is 1. The van der Waals surface area contributed by atoms with Gasteiger partial charge in [0.25, 0.3) is 5.91 Å². The van der Waals surface area contributed by atoms with Crippen molar-refractivity contribution >= 4 is 21.4 Å². The van der Waals surface area contributed by atoms with Crippen LogP contribution >= 0.6 is 0 Å². The number of rotatable bonds is 5. The van der Waals surface area contributed by atoms with Crippen LogP contribution in [0.4, 0.5) is 5.69 Å². The molecule has 1 amide bonds. The Labute approximate surface area is 125 Å². The van der Waals surface area contributed by atoms with Gasteiger partial charge in [-0.3, -0.25) is 4.79 Å². The van der Waals surface area contributed by atoms with Crippen molar-refractivity contribution in [1.82, 2.24) is 10.3 Å². The van der Waals surface area contributed by atoms with Crippen molar-refractivity contribution in [3.8, 4) is 0 Å². The van der Waals surface area contributed by atoms with Crippen LogP contribution in [-0.2, 0) is 9.84 Å². The number of amides is 1. The van der Waals surface area contributed by atoms with Crippen LogP contribution in [0, 0.1) is 0 Å². The fourth-order valence-electron chi connectivity index (χ4n) is 2.16. The van der Waals surface area contributed by atoms with Gasteiger partial charge in [-0.15, -0.1) is 0 Å². The average Bonchev–Trinajstić information content (AvgIpc) is 2.78. The first-order chi connectivity index (χ1) is 9.89. The lowest BCUT2D eigenvalue weighted by atomic mass is 10.2. The first-order valence-corrected chi connectivity index (χ1v) is 8.95. The van der Waals surface area contributed by atoms with Gasteiger partial charge in [-0.05, 0) is 31.9 Å². The van der Waals surface area contributed by atoms with Crippen LogP contribution in [0.1, 0.15) is 37.2 Å². The molecule has 1 aliphatic rings. The Morgan fingerprint density at radius 2 is 2.24 bits per heavy atom. The number of carbonyl (C=O) groups excluding carboxylic acids is 1. The zero-order chi connectivity index (χ0) is 15.5. The second-order valence-electron chi connectivity index (χ2n) is 5.46. The van der Waals surface area contributed by atoms with Crippen LogP contribution in [0.15, 0.2) is 18.3 Å². The second kappa shape index (κ2) is 6.43. The summed E-state index contributed by atoms with van der Waals surface area (Å²) in [5.41, 5.74) is 1.09. The maximum absolute atomic E-state index is 11.9. The smallest absolute Gasteiger partial charge is 0.270 e. The van der Waals surface area contributed by atoms with Crippen molar-refractivity contribution in [2.45, 2.75) is 38.8 Å². The molecular formula is C14H21N3O3S. The number of aromatic nitrogens is 1. The molecule has 2 rings (SSSR count). The Bertz CT molecular complexity index is 598. The van der Waals surface area contributed by atoms with E-state index in [1.807, 2.05) is 13.8 Å². The summed E-state index contributed by atoms with van der Waals surface area (Å²) in [5.74, 6) is 0.191. The van der Waals surface area contributed by atoms with Gasteiger partial charge in [0.1, 0.15) is 5.69 Å². The van der Waals surface area contributed by atoms with Gasteiger partial charge in [0.2, 0.25) is 0 Å². The molecule has 6 nitrogen and oxygen atoms in total. The number of nitrogens with zero attached hydrogens (tertiary/aromatic N) is 1. The molecule has 2 N–H and O–H groups in total. The molecule has 0 aromatic carbocycles. The summed E-state index contributed by atoms with van der Waals surface area (Å²) in [7, 11) is -2.90. The van der Waals surface area contributed by atoms with Crippen molar-refractivity contribution in [3.05, 3.63) is 24.0 Å². The molecule has 0 spiro atoms. The minimum atomic E-state index is -2.90. The molecule has 0 saturated carbocycles. The van der Waals surface area contributed by atoms with E-state index < -0.39 is 9.84 Å². The maximum atomic E-state index is 11.9. The molecule has 1 aromatic heterocycles. The van der Waals surface area contributed by atoms with Gasteiger partial charge in [-0.2, -0.15) is 0 Å². The third kappa shape index (κ3) is 4.42. The number of anilines is 1. The van der Waals surface area contributed by atoms with Crippen LogP contribution in [0.25, 0.3) is 0 Å². The Morgan fingerprint density at radius 1 is 1.48 bits per heavy atom. The van der Waals surface area contributed by atoms with Gasteiger partial charge < -0.3 is 10.6 Å². The van der Waals surface area contributed by atoms with Crippen molar-refractivity contribution in [2.75, 3.05) is 16.8 Å². The van der Waals surface area contributed by atoms with E-state index in [9.17, 15) is 13.2 Å². The lowest BCUT2D eigenvalue weighted by molar-refractivity contribution is 0.0934. The number of hydrogen-bond acceptors (Lipinski definition) is 5. The van der Waals surface area contributed by atoms with Gasteiger partial charge >= 0.3 is 0 Å². The van der Waals surface area contributed by atoms with Crippen LogP contribution in [0.5, 0.6) is 0 Å². The Hall–Kier alpha value is -1.63. The van der Waals surface area contributed by atoms with E-state index in [1.54, 1.807) is 18.3 Å². The monoisotopic (exact) mass is 311 g/mol. The minimum absolute atomic E-state index is 0.0726. The fraction of sp³-hybridized carbons (Fsp3) is 0.571. The Kier molecular flexibility index (Phi) is 4.82. The molecule has 7 heteroatoms. The van der Waals surface area contributed by atoms with Gasteiger partial charge in [0.15, 0.2) is 9.84 Å². The zero-order valence-electron chi connectivity index (χ0n) is 12.3. The van der Waals surface area contributed by atoms with Gasteiger partial charge in [0.05, 0.1) is 23.4 Å².